The predicted octanol–water partition coefficient (Wildman–Crippen LogP) is 0.688. The summed E-state index contributed by atoms with van der Waals surface area (Å²) in [7, 11) is 0. The summed E-state index contributed by atoms with van der Waals surface area (Å²) < 4.78 is 21.6. The molecule has 0 aliphatic carbocycles. The van der Waals surface area contributed by atoms with Gasteiger partial charge in [0.05, 0.1) is 0 Å². The van der Waals surface area contributed by atoms with E-state index in [4.69, 9.17) is 0 Å². The predicted molar refractivity (Wildman–Crippen MR) is 52.8 cm³/mol. The second-order valence-electron chi connectivity index (χ2n) is 3.42. The fraction of sp³-hybridized carbons (Fsp3) is 0.250. The van der Waals surface area contributed by atoms with E-state index in [1.165, 1.54) is 0 Å². The first-order valence-electron chi connectivity index (χ1n) is 4.07. The second-order valence-corrected chi connectivity index (χ2v) is 9.31. The minimum atomic E-state index is -2.43. The first-order valence-corrected chi connectivity index (χ1v) is 9.03. The van der Waals surface area contributed by atoms with Gasteiger partial charge in [0.1, 0.15) is 0 Å². The molecule has 0 amide bonds. The molecule has 0 saturated carbocycles. The van der Waals surface area contributed by atoms with E-state index in [0.29, 0.717) is 0 Å². The van der Waals surface area contributed by atoms with Crippen LogP contribution in [0.1, 0.15) is 0 Å². The van der Waals surface area contributed by atoms with Crippen LogP contribution in [0.5, 0.6) is 0 Å². The molecule has 2 rings (SSSR count). The molecule has 7 heteroatoms. The molecule has 1 aliphatic rings. The van der Waals surface area contributed by atoms with Crippen LogP contribution in [0.4, 0.5) is 10.1 Å². The van der Waals surface area contributed by atoms with Crippen LogP contribution < -0.4 is 10.7 Å². The van der Waals surface area contributed by atoms with E-state index >= 15 is 0 Å². The van der Waals surface area contributed by atoms with Crippen molar-refractivity contribution in [1.82, 2.24) is 0 Å². The summed E-state index contributed by atoms with van der Waals surface area (Å²) in [6, 6.07) is 2.19. The summed E-state index contributed by atoms with van der Waals surface area (Å²) in [6.07, 6.45) is 0. The van der Waals surface area contributed by atoms with Gasteiger partial charge in [0.15, 0.2) is 0 Å². The van der Waals surface area contributed by atoms with E-state index in [-0.39, 0.29) is 16.4 Å². The van der Waals surface area contributed by atoms with Crippen molar-refractivity contribution in [2.45, 2.75) is 11.6 Å². The SMILES string of the molecule is C[Se]1(C)N=c2c(F)ccc([N+](=O)[O-])c2=N1. The second kappa shape index (κ2) is 3.08. The van der Waals surface area contributed by atoms with Gasteiger partial charge in [-0.25, -0.2) is 0 Å². The van der Waals surface area contributed by atoms with Gasteiger partial charge in [0.25, 0.3) is 0 Å². The summed E-state index contributed by atoms with van der Waals surface area (Å²) in [5.74, 6) is 3.10. The van der Waals surface area contributed by atoms with Gasteiger partial charge < -0.3 is 0 Å². The number of benzene rings is 1. The van der Waals surface area contributed by atoms with Crippen molar-refractivity contribution < 1.29 is 9.31 Å². The monoisotopic (exact) mass is 277 g/mol. The number of nitrogens with zero attached hydrogens (tertiary/aromatic N) is 3. The average molecular weight is 276 g/mol. The van der Waals surface area contributed by atoms with Crippen molar-refractivity contribution >= 4 is 19.0 Å². The number of hydrogen-bond donors (Lipinski definition) is 0. The minimum absolute atomic E-state index is 0.0502. The Morgan fingerprint density at radius 3 is 2.53 bits per heavy atom. The maximum absolute atomic E-state index is 13.3. The van der Waals surface area contributed by atoms with Crippen molar-refractivity contribution in [2.75, 3.05) is 0 Å². The first kappa shape index (κ1) is 10.2. The van der Waals surface area contributed by atoms with E-state index < -0.39 is 24.0 Å². The van der Waals surface area contributed by atoms with Gasteiger partial charge in [-0.3, -0.25) is 0 Å². The third-order valence-electron chi connectivity index (χ3n) is 1.91. The van der Waals surface area contributed by atoms with Crippen LogP contribution >= 0.6 is 0 Å². The van der Waals surface area contributed by atoms with Crippen LogP contribution in [0.3, 0.4) is 0 Å². The molecular formula is C8H8FN3O2Se. The van der Waals surface area contributed by atoms with E-state index in [9.17, 15) is 14.5 Å². The van der Waals surface area contributed by atoms with Gasteiger partial charge in [0, 0.05) is 0 Å². The van der Waals surface area contributed by atoms with Gasteiger partial charge in [0.2, 0.25) is 0 Å². The molecule has 0 aromatic heterocycles. The molecule has 0 unspecified atom stereocenters. The summed E-state index contributed by atoms with van der Waals surface area (Å²) in [6.45, 7) is 0. The number of non-ortho nitro benzene ring substituents is 1. The molecule has 0 atom stereocenters. The summed E-state index contributed by atoms with van der Waals surface area (Å²) >= 11 is -2.43. The van der Waals surface area contributed by atoms with Gasteiger partial charge in [-0.15, -0.1) is 0 Å². The summed E-state index contributed by atoms with van der Waals surface area (Å²) in [5.41, 5.74) is -0.169. The summed E-state index contributed by atoms with van der Waals surface area (Å²) in [5, 5.41) is 10.8. The molecule has 1 heterocycles. The quantitative estimate of drug-likeness (QED) is 0.430. The molecule has 1 aromatic rings. The zero-order chi connectivity index (χ0) is 11.2. The van der Waals surface area contributed by atoms with E-state index in [1.54, 1.807) is 0 Å². The van der Waals surface area contributed by atoms with E-state index in [0.717, 1.165) is 12.1 Å². The van der Waals surface area contributed by atoms with Gasteiger partial charge in [-0.1, -0.05) is 0 Å². The van der Waals surface area contributed by atoms with Crippen molar-refractivity contribution in [3.8, 4) is 0 Å². The Morgan fingerprint density at radius 1 is 1.33 bits per heavy atom. The number of rotatable bonds is 1. The molecule has 0 fully saturated rings. The van der Waals surface area contributed by atoms with Crippen LogP contribution in [0, 0.1) is 15.9 Å². The Balaban J connectivity index is 2.89. The molecule has 1 aliphatic heterocycles. The Hall–Kier alpha value is -1.33. The van der Waals surface area contributed by atoms with Crippen molar-refractivity contribution in [3.63, 3.8) is 0 Å². The van der Waals surface area contributed by atoms with Crippen molar-refractivity contribution in [1.29, 1.82) is 0 Å². The Kier molecular flexibility index (Phi) is 2.09. The van der Waals surface area contributed by atoms with Crippen LogP contribution in [-0.4, -0.2) is 18.2 Å². The topological polar surface area (TPSA) is 67.9 Å². The molecule has 0 saturated heterocycles. The van der Waals surface area contributed by atoms with Crippen LogP contribution in [-0.2, 0) is 0 Å². The Bertz CT molecular complexity index is 570. The molecule has 5 nitrogen and oxygen atoms in total. The molecular weight excluding hydrogens is 268 g/mol. The molecule has 0 radical (unpaired) electrons. The molecule has 1 aromatic carbocycles. The summed E-state index contributed by atoms with van der Waals surface area (Å²) in [4.78, 5) is 10.1. The van der Waals surface area contributed by atoms with Crippen molar-refractivity contribution in [2.24, 2.45) is 8.02 Å². The molecule has 15 heavy (non-hydrogen) atoms. The van der Waals surface area contributed by atoms with Crippen molar-refractivity contribution in [3.05, 3.63) is 38.8 Å². The van der Waals surface area contributed by atoms with Crippen LogP contribution in [0.2, 0.25) is 11.6 Å². The molecule has 0 spiro atoms. The average Bonchev–Trinajstić information content (AvgIpc) is 2.41. The van der Waals surface area contributed by atoms with E-state index in [1.807, 2.05) is 11.6 Å². The molecule has 0 N–H and O–H groups in total. The number of hydrogen-bond acceptors (Lipinski definition) is 4. The van der Waals surface area contributed by atoms with Crippen LogP contribution in [0.25, 0.3) is 0 Å². The van der Waals surface area contributed by atoms with E-state index in [2.05, 4.69) is 8.02 Å². The third kappa shape index (κ3) is 1.64. The Morgan fingerprint density at radius 2 is 1.93 bits per heavy atom. The number of nitro groups is 1. The number of fused-ring (bicyclic) bond motifs is 1. The zero-order valence-corrected chi connectivity index (χ0v) is 9.81. The van der Waals surface area contributed by atoms with Gasteiger partial charge >= 0.3 is 86.7 Å². The standard InChI is InChI=1S/C8H8FN3O2Se/c1-15(2)10-7-5(9)3-4-6(12(13)14)8(7)11-15/h3-4H,1-2H3. The van der Waals surface area contributed by atoms with Gasteiger partial charge in [-0.2, -0.15) is 0 Å². The fourth-order valence-corrected chi connectivity index (χ4v) is 4.04. The maximum atomic E-state index is 13.3. The normalized spacial score (nSPS) is 18.6. The molecule has 0 bridgehead atoms. The first-order chi connectivity index (χ1) is 6.91. The van der Waals surface area contributed by atoms with Gasteiger partial charge in [-0.05, 0) is 0 Å². The molecule has 80 valence electrons. The number of halogens is 1. The fourth-order valence-electron chi connectivity index (χ4n) is 1.34. The van der Waals surface area contributed by atoms with Crippen LogP contribution in [0.15, 0.2) is 20.2 Å². The zero-order valence-electron chi connectivity index (χ0n) is 8.10. The number of nitro benzene ring substituents is 1. The Labute approximate surface area is 87.2 Å². The third-order valence-corrected chi connectivity index (χ3v) is 4.55.